The van der Waals surface area contributed by atoms with Crippen LogP contribution in [-0.2, 0) is 13.1 Å². The largest absolute Gasteiger partial charge is 0.317 e. The average Bonchev–Trinajstić information content (AvgIpc) is 3.00. The Kier molecular flexibility index (Phi) is 4.73. The average molecular weight is 363 g/mol. The predicted molar refractivity (Wildman–Crippen MR) is 101 cm³/mol. The van der Waals surface area contributed by atoms with Crippen LogP contribution in [0.25, 0.3) is 0 Å². The minimum Gasteiger partial charge on any atom is -0.317 e. The van der Waals surface area contributed by atoms with Crippen LogP contribution < -0.4 is 5.32 Å². The minimum atomic E-state index is 0.556. The maximum atomic E-state index is 4.70. The fourth-order valence-corrected chi connectivity index (χ4v) is 5.51. The van der Waals surface area contributed by atoms with Gasteiger partial charge in [0.2, 0.25) is 0 Å². The monoisotopic (exact) mass is 362 g/mol. The summed E-state index contributed by atoms with van der Waals surface area (Å²) in [4.78, 5) is 13.3. The van der Waals surface area contributed by atoms with E-state index in [1.807, 2.05) is 17.5 Å². The molecule has 1 spiro atoms. The van der Waals surface area contributed by atoms with Gasteiger partial charge >= 0.3 is 0 Å². The van der Waals surface area contributed by atoms with Crippen LogP contribution in [0.5, 0.6) is 0 Å². The highest BCUT2D eigenvalue weighted by Gasteiger charge is 2.56. The highest BCUT2D eigenvalue weighted by molar-refractivity contribution is 7.11. The summed E-state index contributed by atoms with van der Waals surface area (Å²) in [5.74, 6) is 0.570. The Balaban J connectivity index is 1.50. The zero-order chi connectivity index (χ0) is 16.6. The zero-order valence-corrected chi connectivity index (χ0v) is 16.1. The summed E-state index contributed by atoms with van der Waals surface area (Å²) in [5, 5.41) is 8.08. The van der Waals surface area contributed by atoms with Gasteiger partial charge in [-0.25, -0.2) is 9.97 Å². The molecule has 2 fully saturated rings. The summed E-state index contributed by atoms with van der Waals surface area (Å²) in [6.07, 6.45) is 7.98. The van der Waals surface area contributed by atoms with E-state index in [-0.39, 0.29) is 0 Å². The summed E-state index contributed by atoms with van der Waals surface area (Å²) >= 11 is 3.65. The summed E-state index contributed by atoms with van der Waals surface area (Å²) < 4.78 is 0. The Morgan fingerprint density at radius 3 is 2.71 bits per heavy atom. The van der Waals surface area contributed by atoms with Gasteiger partial charge in [0.05, 0.1) is 13.1 Å². The first-order valence-corrected chi connectivity index (χ1v) is 10.6. The molecule has 4 nitrogen and oxygen atoms in total. The molecule has 3 heterocycles. The van der Waals surface area contributed by atoms with Gasteiger partial charge in [-0.1, -0.05) is 13.8 Å². The second-order valence-corrected chi connectivity index (χ2v) is 9.60. The molecule has 0 unspecified atom stereocenters. The number of hydrogen-bond acceptors (Lipinski definition) is 6. The van der Waals surface area contributed by atoms with E-state index in [2.05, 4.69) is 40.6 Å². The molecule has 1 aliphatic heterocycles. The first-order chi connectivity index (χ1) is 11.7. The lowest BCUT2D eigenvalue weighted by molar-refractivity contribution is 0.187. The third kappa shape index (κ3) is 3.43. The molecule has 1 N–H and O–H groups in total. The van der Waals surface area contributed by atoms with Gasteiger partial charge in [0.1, 0.15) is 10.0 Å². The van der Waals surface area contributed by atoms with E-state index in [1.54, 1.807) is 11.3 Å². The number of hydrogen-bond donors (Lipinski definition) is 1. The van der Waals surface area contributed by atoms with E-state index >= 15 is 0 Å². The van der Waals surface area contributed by atoms with Gasteiger partial charge in [0.15, 0.2) is 0 Å². The summed E-state index contributed by atoms with van der Waals surface area (Å²) in [5.41, 5.74) is 0.556. The van der Waals surface area contributed by atoms with Gasteiger partial charge in [-0.3, -0.25) is 4.90 Å². The van der Waals surface area contributed by atoms with Crippen molar-refractivity contribution in [2.75, 3.05) is 13.1 Å². The van der Waals surface area contributed by atoms with Crippen molar-refractivity contribution >= 4 is 22.7 Å². The number of nitrogens with zero attached hydrogens (tertiary/aromatic N) is 3. The molecule has 2 aliphatic rings. The van der Waals surface area contributed by atoms with E-state index in [4.69, 9.17) is 4.98 Å². The van der Waals surface area contributed by atoms with Crippen LogP contribution in [0.4, 0.5) is 0 Å². The van der Waals surface area contributed by atoms with Gasteiger partial charge < -0.3 is 5.32 Å². The Hall–Kier alpha value is -0.820. The highest BCUT2D eigenvalue weighted by atomic mass is 32.1. The minimum absolute atomic E-state index is 0.556. The highest BCUT2D eigenvalue weighted by Crippen LogP contribution is 2.56. The van der Waals surface area contributed by atoms with E-state index in [0.29, 0.717) is 17.4 Å². The number of thiazole rings is 2. The quantitative estimate of drug-likeness (QED) is 0.847. The Bertz CT molecular complexity index is 658. The molecule has 0 bridgehead atoms. The van der Waals surface area contributed by atoms with Gasteiger partial charge in [0, 0.05) is 28.7 Å². The first kappa shape index (κ1) is 16.6. The summed E-state index contributed by atoms with van der Waals surface area (Å²) in [7, 11) is 0. The van der Waals surface area contributed by atoms with E-state index in [1.165, 1.54) is 47.2 Å². The zero-order valence-electron chi connectivity index (χ0n) is 14.5. The summed E-state index contributed by atoms with van der Waals surface area (Å²) in [6, 6.07) is 0.704. The molecule has 24 heavy (non-hydrogen) atoms. The lowest BCUT2D eigenvalue weighted by atomic mass is 9.93. The van der Waals surface area contributed by atoms with Crippen molar-refractivity contribution in [3.63, 3.8) is 0 Å². The lowest BCUT2D eigenvalue weighted by Gasteiger charge is -2.28. The molecule has 1 saturated heterocycles. The molecule has 0 radical (unpaired) electrons. The molecule has 2 aromatic heterocycles. The third-order valence-electron chi connectivity index (χ3n) is 5.49. The van der Waals surface area contributed by atoms with Crippen molar-refractivity contribution < 1.29 is 0 Å². The van der Waals surface area contributed by atoms with E-state index in [0.717, 1.165) is 13.1 Å². The van der Waals surface area contributed by atoms with Crippen LogP contribution in [0.3, 0.4) is 0 Å². The number of rotatable bonds is 6. The number of nitrogens with one attached hydrogen (secondary N) is 1. The molecule has 130 valence electrons. The molecule has 2 aromatic rings. The predicted octanol–water partition coefficient (Wildman–Crippen LogP) is 3.87. The lowest BCUT2D eigenvalue weighted by Crippen LogP contribution is -2.35. The van der Waals surface area contributed by atoms with Crippen molar-refractivity contribution in [1.82, 2.24) is 20.2 Å². The third-order valence-corrected chi connectivity index (χ3v) is 7.53. The van der Waals surface area contributed by atoms with Crippen LogP contribution in [0.15, 0.2) is 17.8 Å². The van der Waals surface area contributed by atoms with E-state index in [9.17, 15) is 0 Å². The van der Waals surface area contributed by atoms with Gasteiger partial charge in [-0.15, -0.1) is 22.7 Å². The fourth-order valence-electron chi connectivity index (χ4n) is 3.92. The number of piperidine rings is 1. The van der Waals surface area contributed by atoms with Crippen LogP contribution in [0.1, 0.15) is 53.9 Å². The van der Waals surface area contributed by atoms with Crippen molar-refractivity contribution in [2.45, 2.75) is 58.2 Å². The second-order valence-electron chi connectivity index (χ2n) is 7.47. The topological polar surface area (TPSA) is 41.1 Å². The molecule has 4 rings (SSSR count). The van der Waals surface area contributed by atoms with Crippen LogP contribution in [0, 0.1) is 5.41 Å². The van der Waals surface area contributed by atoms with E-state index < -0.39 is 0 Å². The molecular weight excluding hydrogens is 336 g/mol. The Morgan fingerprint density at radius 2 is 2.04 bits per heavy atom. The van der Waals surface area contributed by atoms with Crippen LogP contribution in [0.2, 0.25) is 0 Å². The molecule has 0 amide bonds. The molecule has 1 saturated carbocycles. The second kappa shape index (κ2) is 6.83. The maximum absolute atomic E-state index is 4.70. The van der Waals surface area contributed by atoms with Crippen molar-refractivity contribution in [1.29, 1.82) is 0 Å². The molecular formula is C18H26N4S2. The van der Waals surface area contributed by atoms with Gasteiger partial charge in [-0.05, 0) is 43.7 Å². The number of aromatic nitrogens is 2. The molecule has 6 heteroatoms. The summed E-state index contributed by atoms with van der Waals surface area (Å²) in [6.45, 7) is 8.78. The van der Waals surface area contributed by atoms with Gasteiger partial charge in [-0.2, -0.15) is 0 Å². The van der Waals surface area contributed by atoms with Crippen molar-refractivity contribution in [2.24, 2.45) is 5.41 Å². The molecule has 0 aromatic carbocycles. The van der Waals surface area contributed by atoms with Crippen molar-refractivity contribution in [3.8, 4) is 0 Å². The van der Waals surface area contributed by atoms with Crippen LogP contribution >= 0.6 is 22.7 Å². The Labute approximate surface area is 152 Å². The molecule has 1 atom stereocenters. The normalized spacial score (nSPS) is 22.6. The van der Waals surface area contributed by atoms with Crippen molar-refractivity contribution in [3.05, 3.63) is 32.7 Å². The standard InChI is InChI=1S/C18H26N4S2/c1-13(2)14-10-21-17(24-14)12-22(11-16-20-7-8-23-16)15-9-18(15)3-5-19-6-4-18/h7-8,10,13,15,19H,3-6,9,11-12H2,1-2H3/t15-/m1/s1. The first-order valence-electron chi connectivity index (χ1n) is 8.94. The fraction of sp³-hybridized carbons (Fsp3) is 0.667. The maximum Gasteiger partial charge on any atom is 0.107 e. The molecule has 1 aliphatic carbocycles. The smallest absolute Gasteiger partial charge is 0.107 e. The SMILES string of the molecule is CC(C)c1cnc(CN(Cc2nccs2)[C@@H]2CC23CCNCC3)s1. The van der Waals surface area contributed by atoms with Gasteiger partial charge in [0.25, 0.3) is 0 Å². The Morgan fingerprint density at radius 1 is 1.25 bits per heavy atom. The van der Waals surface area contributed by atoms with Crippen LogP contribution in [-0.4, -0.2) is 34.0 Å².